The molecule has 0 saturated heterocycles. The molecule has 112 valence electrons. The predicted octanol–water partition coefficient (Wildman–Crippen LogP) is 1.63. The fourth-order valence-electron chi connectivity index (χ4n) is 1.42. The molecule has 21 heavy (non-hydrogen) atoms. The molecule has 0 unspecified atom stereocenters. The van der Waals surface area contributed by atoms with Gasteiger partial charge in [-0.15, -0.1) is 0 Å². The highest BCUT2D eigenvalue weighted by molar-refractivity contribution is 5.85. The molecule has 8 heteroatoms. The molecule has 0 atom stereocenters. The third kappa shape index (κ3) is 5.31. The number of esters is 1. The van der Waals surface area contributed by atoms with Crippen molar-refractivity contribution >= 4 is 23.7 Å². The summed E-state index contributed by atoms with van der Waals surface area (Å²) in [5, 5.41) is 19.5. The van der Waals surface area contributed by atoms with Gasteiger partial charge in [-0.2, -0.15) is 0 Å². The first-order valence-corrected chi connectivity index (χ1v) is 5.83. The Morgan fingerprint density at radius 2 is 2.14 bits per heavy atom. The number of hydrogen-bond donors (Lipinski definition) is 1. The topological polar surface area (TPSA) is 116 Å². The first kappa shape index (κ1) is 16.2. The van der Waals surface area contributed by atoms with Gasteiger partial charge in [0.2, 0.25) is 0 Å². The molecule has 1 rings (SSSR count). The minimum Gasteiger partial charge on any atom is -0.486 e. The van der Waals surface area contributed by atoms with Crippen LogP contribution in [0, 0.1) is 10.1 Å². The van der Waals surface area contributed by atoms with Crippen LogP contribution in [0.25, 0.3) is 6.08 Å². The zero-order chi connectivity index (χ0) is 15.8. The first-order valence-electron chi connectivity index (χ1n) is 5.83. The molecular weight excluding hydrogens is 282 g/mol. The first-order chi connectivity index (χ1) is 9.93. The van der Waals surface area contributed by atoms with Crippen LogP contribution in [0.4, 0.5) is 5.69 Å². The van der Waals surface area contributed by atoms with Gasteiger partial charge in [-0.1, -0.05) is 6.07 Å². The maximum absolute atomic E-state index is 11.0. The molecule has 1 aromatic carbocycles. The predicted molar refractivity (Wildman–Crippen MR) is 71.9 cm³/mol. The maximum atomic E-state index is 11.0. The van der Waals surface area contributed by atoms with E-state index in [4.69, 9.17) is 9.84 Å². The van der Waals surface area contributed by atoms with Gasteiger partial charge in [0.25, 0.3) is 0 Å². The third-order valence-electron chi connectivity index (χ3n) is 2.39. The number of methoxy groups -OCH3 is 1. The molecule has 0 radical (unpaired) electrons. The van der Waals surface area contributed by atoms with E-state index in [1.54, 1.807) is 0 Å². The summed E-state index contributed by atoms with van der Waals surface area (Å²) in [4.78, 5) is 31.6. The van der Waals surface area contributed by atoms with Crippen molar-refractivity contribution in [3.8, 4) is 5.75 Å². The summed E-state index contributed by atoms with van der Waals surface area (Å²) in [6, 6.07) is 4.00. The lowest BCUT2D eigenvalue weighted by Crippen LogP contribution is -2.08. The van der Waals surface area contributed by atoms with Gasteiger partial charge in [-0.05, 0) is 17.7 Å². The normalized spacial score (nSPS) is 10.3. The molecular formula is C13H13NO7. The number of rotatable bonds is 7. The highest BCUT2D eigenvalue weighted by Gasteiger charge is 2.16. The number of nitro groups is 1. The molecule has 0 fully saturated rings. The van der Waals surface area contributed by atoms with Gasteiger partial charge in [-0.3, -0.25) is 14.9 Å². The second-order valence-electron chi connectivity index (χ2n) is 3.83. The summed E-state index contributed by atoms with van der Waals surface area (Å²) in [6.45, 7) is -0.0577. The Kier molecular flexibility index (Phi) is 5.87. The average Bonchev–Trinajstić information content (AvgIpc) is 2.45. The Hall–Kier alpha value is -2.90. The largest absolute Gasteiger partial charge is 0.486 e. The molecule has 0 aliphatic carbocycles. The Bertz CT molecular complexity index is 580. The monoisotopic (exact) mass is 295 g/mol. The summed E-state index contributed by atoms with van der Waals surface area (Å²) in [5.41, 5.74) is 0.0387. The highest BCUT2D eigenvalue weighted by Crippen LogP contribution is 2.28. The number of nitro benzene ring substituents is 1. The lowest BCUT2D eigenvalue weighted by Gasteiger charge is -2.06. The summed E-state index contributed by atoms with van der Waals surface area (Å²) < 4.78 is 9.59. The molecule has 1 N–H and O–H groups in total. The molecule has 8 nitrogen and oxygen atoms in total. The van der Waals surface area contributed by atoms with Crippen LogP contribution in [0.15, 0.2) is 24.3 Å². The Balaban J connectivity index is 2.87. The van der Waals surface area contributed by atoms with Gasteiger partial charge in [0.05, 0.1) is 25.1 Å². The van der Waals surface area contributed by atoms with Crippen LogP contribution in [-0.2, 0) is 14.3 Å². The van der Waals surface area contributed by atoms with Crippen molar-refractivity contribution in [2.45, 2.75) is 6.42 Å². The van der Waals surface area contributed by atoms with Gasteiger partial charge in [0.1, 0.15) is 0 Å². The fourth-order valence-corrected chi connectivity index (χ4v) is 1.42. The van der Waals surface area contributed by atoms with Crippen LogP contribution in [0.5, 0.6) is 5.75 Å². The van der Waals surface area contributed by atoms with E-state index in [-0.39, 0.29) is 24.5 Å². The number of carbonyl (C=O) groups is 2. The number of benzene rings is 1. The Labute approximate surface area is 119 Å². The van der Waals surface area contributed by atoms with Gasteiger partial charge < -0.3 is 14.6 Å². The molecule has 0 aromatic heterocycles. The SMILES string of the molecule is COC(=O)CCOc1ccc(C=CC(=O)O)cc1[N+](=O)[O-]. The quantitative estimate of drug-likeness (QED) is 0.351. The van der Waals surface area contributed by atoms with E-state index in [0.29, 0.717) is 5.56 Å². The summed E-state index contributed by atoms with van der Waals surface area (Å²) in [6.07, 6.45) is 2.07. The van der Waals surface area contributed by atoms with Crippen molar-refractivity contribution in [2.24, 2.45) is 0 Å². The maximum Gasteiger partial charge on any atom is 0.328 e. The Morgan fingerprint density at radius 3 is 2.71 bits per heavy atom. The van der Waals surface area contributed by atoms with Crippen molar-refractivity contribution in [1.82, 2.24) is 0 Å². The minimum absolute atomic E-state index is 0.00335. The number of carbonyl (C=O) groups excluding carboxylic acids is 1. The van der Waals surface area contributed by atoms with E-state index in [1.165, 1.54) is 31.4 Å². The van der Waals surface area contributed by atoms with Gasteiger partial charge in [0, 0.05) is 12.1 Å². The van der Waals surface area contributed by atoms with Crippen LogP contribution >= 0.6 is 0 Å². The zero-order valence-electron chi connectivity index (χ0n) is 11.1. The molecule has 0 heterocycles. The smallest absolute Gasteiger partial charge is 0.328 e. The number of ether oxygens (including phenoxy) is 2. The lowest BCUT2D eigenvalue weighted by atomic mass is 10.1. The number of carboxylic acids is 1. The standard InChI is InChI=1S/C13H13NO7/c1-20-13(17)6-7-21-11-4-2-9(3-5-12(15)16)8-10(11)14(18)19/h2-5,8H,6-7H2,1H3,(H,15,16). The molecule has 1 aromatic rings. The molecule has 0 spiro atoms. The summed E-state index contributed by atoms with van der Waals surface area (Å²) in [7, 11) is 1.23. The molecule has 0 bridgehead atoms. The zero-order valence-corrected chi connectivity index (χ0v) is 11.1. The molecule has 0 amide bonds. The van der Waals surface area contributed by atoms with Crippen molar-refractivity contribution in [3.63, 3.8) is 0 Å². The van der Waals surface area contributed by atoms with Crippen LogP contribution in [0.2, 0.25) is 0 Å². The Morgan fingerprint density at radius 1 is 1.43 bits per heavy atom. The van der Waals surface area contributed by atoms with Crippen LogP contribution < -0.4 is 4.74 Å². The number of hydrogen-bond acceptors (Lipinski definition) is 6. The van der Waals surface area contributed by atoms with E-state index in [0.717, 1.165) is 6.08 Å². The highest BCUT2D eigenvalue weighted by atomic mass is 16.6. The van der Waals surface area contributed by atoms with Crippen LogP contribution in [-0.4, -0.2) is 35.7 Å². The van der Waals surface area contributed by atoms with E-state index in [2.05, 4.69) is 4.74 Å². The van der Waals surface area contributed by atoms with Crippen molar-refractivity contribution in [2.75, 3.05) is 13.7 Å². The summed E-state index contributed by atoms with van der Waals surface area (Å²) in [5.74, 6) is -1.65. The van der Waals surface area contributed by atoms with E-state index >= 15 is 0 Å². The third-order valence-corrected chi connectivity index (χ3v) is 2.39. The van der Waals surface area contributed by atoms with Crippen molar-refractivity contribution < 1.29 is 29.1 Å². The number of aliphatic carboxylic acids is 1. The lowest BCUT2D eigenvalue weighted by molar-refractivity contribution is -0.385. The number of carboxylic acid groups (broad SMARTS) is 1. The van der Waals surface area contributed by atoms with E-state index in [9.17, 15) is 19.7 Å². The molecule has 0 aliphatic heterocycles. The molecule has 0 saturated carbocycles. The second-order valence-corrected chi connectivity index (χ2v) is 3.83. The van der Waals surface area contributed by atoms with Gasteiger partial charge in [0.15, 0.2) is 5.75 Å². The van der Waals surface area contributed by atoms with Crippen molar-refractivity contribution in [3.05, 3.63) is 40.0 Å². The fraction of sp³-hybridized carbons (Fsp3) is 0.231. The molecule has 0 aliphatic rings. The minimum atomic E-state index is -1.16. The van der Waals surface area contributed by atoms with Gasteiger partial charge in [-0.25, -0.2) is 4.79 Å². The van der Waals surface area contributed by atoms with Crippen LogP contribution in [0.1, 0.15) is 12.0 Å². The average molecular weight is 295 g/mol. The van der Waals surface area contributed by atoms with E-state index in [1.807, 2.05) is 0 Å². The van der Waals surface area contributed by atoms with E-state index < -0.39 is 16.9 Å². The number of nitrogens with zero attached hydrogens (tertiary/aromatic N) is 1. The second kappa shape index (κ2) is 7.63. The van der Waals surface area contributed by atoms with Crippen molar-refractivity contribution in [1.29, 1.82) is 0 Å². The van der Waals surface area contributed by atoms with Gasteiger partial charge >= 0.3 is 17.6 Å². The van der Waals surface area contributed by atoms with Crippen LogP contribution in [0.3, 0.4) is 0 Å². The summed E-state index contributed by atoms with van der Waals surface area (Å²) >= 11 is 0.